The molecule has 0 spiro atoms. The number of tetrazole rings is 1. The summed E-state index contributed by atoms with van der Waals surface area (Å²) in [6.45, 7) is 4.42. The zero-order valence-corrected chi connectivity index (χ0v) is 14.2. The molecule has 0 saturated heterocycles. The molecule has 0 fully saturated rings. The molecule has 4 rings (SSSR count). The van der Waals surface area contributed by atoms with Crippen LogP contribution in [0.1, 0.15) is 16.7 Å². The van der Waals surface area contributed by atoms with Crippen LogP contribution in [-0.4, -0.2) is 27.0 Å². The van der Waals surface area contributed by atoms with E-state index in [1.807, 2.05) is 28.9 Å². The largest absolute Gasteiger partial charge is 0.454 e. The first kappa shape index (κ1) is 15.0. The van der Waals surface area contributed by atoms with E-state index in [0.717, 1.165) is 44.8 Å². The van der Waals surface area contributed by atoms with Crippen LogP contribution in [0.2, 0.25) is 0 Å². The smallest absolute Gasteiger partial charge is 0.231 e. The van der Waals surface area contributed by atoms with E-state index in [4.69, 9.17) is 9.47 Å². The quantitative estimate of drug-likeness (QED) is 0.679. The average Bonchev–Trinajstić information content (AvgIpc) is 3.21. The zero-order chi connectivity index (χ0) is 16.5. The van der Waals surface area contributed by atoms with Crippen LogP contribution in [-0.2, 0) is 5.75 Å². The molecule has 122 valence electrons. The van der Waals surface area contributed by atoms with Crippen LogP contribution in [0.25, 0.3) is 5.69 Å². The number of fused-ring (bicyclic) bond motifs is 1. The summed E-state index contributed by atoms with van der Waals surface area (Å²) in [5, 5.41) is 13.0. The molecule has 0 aliphatic carbocycles. The topological polar surface area (TPSA) is 62.1 Å². The number of para-hydroxylation sites is 1. The number of ether oxygens (including phenoxy) is 2. The molecule has 1 aliphatic rings. The molecular formula is C17H16N4O2S. The third-order valence-electron chi connectivity index (χ3n) is 3.90. The molecule has 0 bridgehead atoms. The van der Waals surface area contributed by atoms with Crippen LogP contribution in [0.5, 0.6) is 11.5 Å². The number of benzene rings is 2. The highest BCUT2D eigenvalue weighted by molar-refractivity contribution is 7.98. The first-order valence-electron chi connectivity index (χ1n) is 7.58. The number of rotatable bonds is 4. The van der Waals surface area contributed by atoms with E-state index < -0.39 is 0 Å². The van der Waals surface area contributed by atoms with Gasteiger partial charge in [0.15, 0.2) is 11.5 Å². The second-order valence-corrected chi connectivity index (χ2v) is 6.53. The summed E-state index contributed by atoms with van der Waals surface area (Å²) >= 11 is 1.59. The van der Waals surface area contributed by atoms with Crippen molar-refractivity contribution >= 4 is 11.8 Å². The Labute approximate surface area is 143 Å². The van der Waals surface area contributed by atoms with Gasteiger partial charge in [0, 0.05) is 5.75 Å². The molecule has 0 saturated carbocycles. The van der Waals surface area contributed by atoms with Crippen molar-refractivity contribution in [2.24, 2.45) is 0 Å². The number of nitrogens with zero attached hydrogens (tertiary/aromatic N) is 4. The second kappa shape index (κ2) is 6.16. The number of hydrogen-bond acceptors (Lipinski definition) is 6. The molecule has 0 atom stereocenters. The Kier molecular flexibility index (Phi) is 3.86. The van der Waals surface area contributed by atoms with Crippen LogP contribution in [0.15, 0.2) is 41.6 Å². The summed E-state index contributed by atoms with van der Waals surface area (Å²) in [6, 6.07) is 12.1. The molecule has 0 unspecified atom stereocenters. The summed E-state index contributed by atoms with van der Waals surface area (Å²) < 4.78 is 12.6. The highest BCUT2D eigenvalue weighted by Crippen LogP contribution is 2.34. The number of aryl methyl sites for hydroxylation is 2. The van der Waals surface area contributed by atoms with Gasteiger partial charge in [-0.05, 0) is 53.1 Å². The van der Waals surface area contributed by atoms with E-state index in [1.165, 1.54) is 0 Å². The summed E-state index contributed by atoms with van der Waals surface area (Å²) in [5.41, 5.74) is 4.47. The molecule has 0 amide bonds. The molecular weight excluding hydrogens is 324 g/mol. The molecule has 3 aromatic rings. The Morgan fingerprint density at radius 1 is 1.08 bits per heavy atom. The van der Waals surface area contributed by atoms with Gasteiger partial charge in [0.2, 0.25) is 11.9 Å². The third-order valence-corrected chi connectivity index (χ3v) is 4.89. The van der Waals surface area contributed by atoms with Gasteiger partial charge in [0.25, 0.3) is 0 Å². The van der Waals surface area contributed by atoms with Gasteiger partial charge in [-0.2, -0.15) is 4.68 Å². The monoisotopic (exact) mass is 340 g/mol. The van der Waals surface area contributed by atoms with Crippen molar-refractivity contribution in [1.29, 1.82) is 0 Å². The maximum Gasteiger partial charge on any atom is 0.231 e. The summed E-state index contributed by atoms with van der Waals surface area (Å²) in [6.07, 6.45) is 0. The number of aromatic nitrogens is 4. The lowest BCUT2D eigenvalue weighted by Gasteiger charge is -2.10. The van der Waals surface area contributed by atoms with Gasteiger partial charge >= 0.3 is 0 Å². The highest BCUT2D eigenvalue weighted by Gasteiger charge is 2.16. The Morgan fingerprint density at radius 2 is 1.88 bits per heavy atom. The van der Waals surface area contributed by atoms with Crippen molar-refractivity contribution < 1.29 is 9.47 Å². The van der Waals surface area contributed by atoms with Crippen LogP contribution in [0.3, 0.4) is 0 Å². The van der Waals surface area contributed by atoms with Crippen molar-refractivity contribution in [3.63, 3.8) is 0 Å². The first-order chi connectivity index (χ1) is 11.7. The van der Waals surface area contributed by atoms with Crippen molar-refractivity contribution in [2.75, 3.05) is 6.79 Å². The van der Waals surface area contributed by atoms with E-state index in [1.54, 1.807) is 11.8 Å². The van der Waals surface area contributed by atoms with E-state index in [9.17, 15) is 0 Å². The van der Waals surface area contributed by atoms with Gasteiger partial charge in [-0.3, -0.25) is 0 Å². The highest BCUT2D eigenvalue weighted by atomic mass is 32.2. The Hall–Kier alpha value is -2.54. The van der Waals surface area contributed by atoms with Crippen LogP contribution >= 0.6 is 11.8 Å². The van der Waals surface area contributed by atoms with Gasteiger partial charge in [-0.25, -0.2) is 0 Å². The van der Waals surface area contributed by atoms with Gasteiger partial charge in [0.05, 0.1) is 5.69 Å². The first-order valence-corrected chi connectivity index (χ1v) is 8.57. The molecule has 1 aliphatic heterocycles. The third kappa shape index (κ3) is 2.71. The summed E-state index contributed by atoms with van der Waals surface area (Å²) in [7, 11) is 0. The Bertz CT molecular complexity index is 874. The summed E-state index contributed by atoms with van der Waals surface area (Å²) in [4.78, 5) is 0. The lowest BCUT2D eigenvalue weighted by Crippen LogP contribution is -2.04. The van der Waals surface area contributed by atoms with Crippen LogP contribution in [0.4, 0.5) is 0 Å². The minimum atomic E-state index is 0.288. The Balaban J connectivity index is 1.58. The van der Waals surface area contributed by atoms with Gasteiger partial charge < -0.3 is 9.47 Å². The van der Waals surface area contributed by atoms with Crippen molar-refractivity contribution in [2.45, 2.75) is 24.8 Å². The molecule has 0 N–H and O–H groups in total. The fourth-order valence-corrected chi connectivity index (χ4v) is 3.55. The maximum absolute atomic E-state index is 5.42. The molecule has 24 heavy (non-hydrogen) atoms. The van der Waals surface area contributed by atoms with E-state index in [-0.39, 0.29) is 6.79 Å². The van der Waals surface area contributed by atoms with Crippen molar-refractivity contribution in [3.05, 3.63) is 53.1 Å². The predicted octanol–water partition coefficient (Wildman–Crippen LogP) is 3.30. The molecule has 2 heterocycles. The Morgan fingerprint density at radius 3 is 2.71 bits per heavy atom. The van der Waals surface area contributed by atoms with Crippen molar-refractivity contribution in [1.82, 2.24) is 20.2 Å². The zero-order valence-electron chi connectivity index (χ0n) is 13.4. The van der Waals surface area contributed by atoms with Crippen LogP contribution < -0.4 is 9.47 Å². The number of hydrogen-bond donors (Lipinski definition) is 0. The van der Waals surface area contributed by atoms with Crippen molar-refractivity contribution in [3.8, 4) is 17.2 Å². The fraction of sp³-hybridized carbons (Fsp3) is 0.235. The normalized spacial score (nSPS) is 12.6. The second-order valence-electron chi connectivity index (χ2n) is 5.59. The average molecular weight is 340 g/mol. The van der Waals surface area contributed by atoms with E-state index >= 15 is 0 Å². The van der Waals surface area contributed by atoms with E-state index in [2.05, 4.69) is 41.5 Å². The predicted molar refractivity (Wildman–Crippen MR) is 90.8 cm³/mol. The van der Waals surface area contributed by atoms with E-state index in [0.29, 0.717) is 0 Å². The lowest BCUT2D eigenvalue weighted by molar-refractivity contribution is 0.174. The van der Waals surface area contributed by atoms with Crippen LogP contribution in [0, 0.1) is 13.8 Å². The SMILES string of the molecule is Cc1cccc(C)c1-n1nnnc1SCc1ccc2c(c1)OCO2. The van der Waals surface area contributed by atoms with Gasteiger partial charge in [-0.15, -0.1) is 5.10 Å². The molecule has 6 nitrogen and oxygen atoms in total. The molecule has 0 radical (unpaired) electrons. The number of thioether (sulfide) groups is 1. The molecule has 2 aromatic carbocycles. The standard InChI is InChI=1S/C17H16N4O2S/c1-11-4-3-5-12(2)16(11)21-17(18-19-20-21)24-9-13-6-7-14-15(8-13)23-10-22-14/h3-8H,9-10H2,1-2H3. The minimum Gasteiger partial charge on any atom is -0.454 e. The van der Waals surface area contributed by atoms with Gasteiger partial charge in [0.1, 0.15) is 0 Å². The summed E-state index contributed by atoms with van der Waals surface area (Å²) in [5.74, 6) is 2.34. The fourth-order valence-electron chi connectivity index (χ4n) is 2.73. The minimum absolute atomic E-state index is 0.288. The molecule has 7 heteroatoms. The van der Waals surface area contributed by atoms with Gasteiger partial charge in [-0.1, -0.05) is 36.0 Å². The molecule has 1 aromatic heterocycles. The maximum atomic E-state index is 5.42. The lowest BCUT2D eigenvalue weighted by atomic mass is 10.1.